The zero-order valence-corrected chi connectivity index (χ0v) is 39.8. The van der Waals surface area contributed by atoms with Crippen LogP contribution >= 0.6 is 0 Å². The Morgan fingerprint density at radius 2 is 0.651 bits per heavy atom. The van der Waals surface area contributed by atoms with E-state index >= 15 is 0 Å². The van der Waals surface area contributed by atoms with E-state index in [9.17, 15) is 14.4 Å². The number of ether oxygens (including phenoxy) is 3. The van der Waals surface area contributed by atoms with E-state index in [0.29, 0.717) is 19.3 Å². The van der Waals surface area contributed by atoms with Crippen LogP contribution in [0.5, 0.6) is 0 Å². The molecule has 1 unspecified atom stereocenters. The summed E-state index contributed by atoms with van der Waals surface area (Å²) in [6.45, 7) is 6.12. The van der Waals surface area contributed by atoms with E-state index in [0.717, 1.165) is 116 Å². The van der Waals surface area contributed by atoms with Crippen molar-refractivity contribution in [1.29, 1.82) is 0 Å². The molecule has 0 spiro atoms. The predicted molar refractivity (Wildman–Crippen MR) is 269 cm³/mol. The summed E-state index contributed by atoms with van der Waals surface area (Å²) in [5.41, 5.74) is 0. The van der Waals surface area contributed by atoms with Gasteiger partial charge >= 0.3 is 17.9 Å². The molecular weight excluding hydrogens is 781 g/mol. The molecule has 63 heavy (non-hydrogen) atoms. The molecule has 0 aromatic rings. The second kappa shape index (κ2) is 49.9. The Morgan fingerprint density at radius 1 is 0.333 bits per heavy atom. The average molecular weight is 867 g/mol. The Balaban J connectivity index is 4.53. The molecule has 0 amide bonds. The Bertz CT molecular complexity index is 1460. The fourth-order valence-electron chi connectivity index (χ4n) is 5.92. The number of allylic oxidation sites excluding steroid dienone is 24. The summed E-state index contributed by atoms with van der Waals surface area (Å²) in [5, 5.41) is 0. The van der Waals surface area contributed by atoms with Crippen molar-refractivity contribution in [1.82, 2.24) is 0 Å². The third kappa shape index (κ3) is 48.2. The lowest BCUT2D eigenvalue weighted by atomic mass is 10.1. The molecule has 0 heterocycles. The number of hydrogen-bond acceptors (Lipinski definition) is 6. The van der Waals surface area contributed by atoms with Crippen molar-refractivity contribution in [3.63, 3.8) is 0 Å². The molecule has 6 nitrogen and oxygen atoms in total. The molecule has 0 N–H and O–H groups in total. The molecule has 0 aromatic heterocycles. The number of esters is 3. The molecule has 0 saturated carbocycles. The number of carbonyl (C=O) groups is 3. The quantitative estimate of drug-likeness (QED) is 0.0200. The van der Waals surface area contributed by atoms with Crippen LogP contribution in [-0.2, 0) is 28.6 Å². The number of unbranched alkanes of at least 4 members (excludes halogenated alkanes) is 12. The van der Waals surface area contributed by atoms with E-state index in [2.05, 4.69) is 93.7 Å². The van der Waals surface area contributed by atoms with Gasteiger partial charge in [-0.1, -0.05) is 205 Å². The Kier molecular flexibility index (Phi) is 46.2. The average Bonchev–Trinajstić information content (AvgIpc) is 3.28. The van der Waals surface area contributed by atoms with Crippen LogP contribution in [0.25, 0.3) is 0 Å². The fourth-order valence-corrected chi connectivity index (χ4v) is 5.92. The molecule has 6 heteroatoms. The van der Waals surface area contributed by atoms with Gasteiger partial charge in [-0.05, 0) is 96.3 Å². The summed E-state index contributed by atoms with van der Waals surface area (Å²) in [6.07, 6.45) is 71.2. The van der Waals surface area contributed by atoms with Gasteiger partial charge in [0, 0.05) is 19.3 Å². The van der Waals surface area contributed by atoms with Gasteiger partial charge < -0.3 is 14.2 Å². The van der Waals surface area contributed by atoms with Crippen molar-refractivity contribution in [3.05, 3.63) is 146 Å². The van der Waals surface area contributed by atoms with Crippen LogP contribution in [0.4, 0.5) is 0 Å². The van der Waals surface area contributed by atoms with Crippen LogP contribution in [0.15, 0.2) is 146 Å². The first-order chi connectivity index (χ1) is 31.0. The van der Waals surface area contributed by atoms with E-state index in [1.807, 2.05) is 72.9 Å². The Labute approximate surface area is 385 Å². The first-order valence-corrected chi connectivity index (χ1v) is 24.4. The predicted octanol–water partition coefficient (Wildman–Crippen LogP) is 16.1. The van der Waals surface area contributed by atoms with Crippen molar-refractivity contribution < 1.29 is 28.6 Å². The van der Waals surface area contributed by atoms with Gasteiger partial charge in [-0.15, -0.1) is 0 Å². The maximum Gasteiger partial charge on any atom is 0.306 e. The van der Waals surface area contributed by atoms with Gasteiger partial charge in [-0.3, -0.25) is 14.4 Å². The number of carbonyl (C=O) groups excluding carboxylic acids is 3. The SMILES string of the molecule is CC/C=C/C=C/C=C/C=C/CCCCCC(=O)OCC(COC(=O)CCCCCCCC/C=C/C/C=C/C/C=C/C/C=C/CC)OC(=O)CCCCC/C=C/C=C/C=C/C=C/CC. The van der Waals surface area contributed by atoms with Crippen LogP contribution in [0, 0.1) is 0 Å². The van der Waals surface area contributed by atoms with Gasteiger partial charge in [0.15, 0.2) is 6.10 Å². The molecule has 350 valence electrons. The molecule has 0 rings (SSSR count). The van der Waals surface area contributed by atoms with Gasteiger partial charge in [0.25, 0.3) is 0 Å². The highest BCUT2D eigenvalue weighted by Gasteiger charge is 2.19. The minimum Gasteiger partial charge on any atom is -0.462 e. The van der Waals surface area contributed by atoms with Crippen LogP contribution in [0.3, 0.4) is 0 Å². The van der Waals surface area contributed by atoms with Gasteiger partial charge in [-0.25, -0.2) is 0 Å². The van der Waals surface area contributed by atoms with Gasteiger partial charge in [-0.2, -0.15) is 0 Å². The number of hydrogen-bond donors (Lipinski definition) is 0. The fraction of sp³-hybridized carbons (Fsp3) is 0.526. The topological polar surface area (TPSA) is 78.9 Å². The third-order valence-electron chi connectivity index (χ3n) is 9.51. The Hall–Kier alpha value is -4.71. The first-order valence-electron chi connectivity index (χ1n) is 24.4. The molecule has 0 radical (unpaired) electrons. The monoisotopic (exact) mass is 867 g/mol. The molecule has 1 atom stereocenters. The largest absolute Gasteiger partial charge is 0.462 e. The molecule has 0 fully saturated rings. The first kappa shape index (κ1) is 58.3. The molecule has 0 aromatic carbocycles. The summed E-state index contributed by atoms with van der Waals surface area (Å²) in [7, 11) is 0. The second-order valence-corrected chi connectivity index (χ2v) is 15.4. The molecule has 0 saturated heterocycles. The van der Waals surface area contributed by atoms with Crippen molar-refractivity contribution in [2.75, 3.05) is 13.2 Å². The molecule has 0 aliphatic rings. The van der Waals surface area contributed by atoms with Crippen molar-refractivity contribution in [2.45, 2.75) is 181 Å². The number of rotatable bonds is 41. The highest BCUT2D eigenvalue weighted by atomic mass is 16.6. The summed E-state index contributed by atoms with van der Waals surface area (Å²) in [6, 6.07) is 0. The molecule has 0 bridgehead atoms. The normalized spacial score (nSPS) is 13.4. The van der Waals surface area contributed by atoms with E-state index in [-0.39, 0.29) is 37.5 Å². The minimum absolute atomic E-state index is 0.121. The van der Waals surface area contributed by atoms with E-state index < -0.39 is 6.10 Å². The Morgan fingerprint density at radius 3 is 1.10 bits per heavy atom. The zero-order chi connectivity index (χ0) is 45.8. The van der Waals surface area contributed by atoms with Crippen LogP contribution in [0.2, 0.25) is 0 Å². The summed E-state index contributed by atoms with van der Waals surface area (Å²) in [4.78, 5) is 37.9. The lowest BCUT2D eigenvalue weighted by molar-refractivity contribution is -0.167. The van der Waals surface area contributed by atoms with Crippen LogP contribution < -0.4 is 0 Å². The van der Waals surface area contributed by atoms with E-state index in [1.165, 1.54) is 12.8 Å². The van der Waals surface area contributed by atoms with Gasteiger partial charge in [0.1, 0.15) is 13.2 Å². The van der Waals surface area contributed by atoms with Crippen molar-refractivity contribution in [3.8, 4) is 0 Å². The summed E-state index contributed by atoms with van der Waals surface area (Å²) >= 11 is 0. The lowest BCUT2D eigenvalue weighted by Crippen LogP contribution is -2.30. The standard InChI is InChI=1S/C57H86O6/c1-4-7-10-13-16-19-22-25-26-27-28-29-30-33-35-38-41-44-47-50-56(59)62-53-54(63-57(60)51-48-45-42-39-36-32-24-21-18-15-12-9-6-3)52-61-55(58)49-46-43-40-37-34-31-23-20-17-14-11-8-5-2/h7-12,14-21,23-26,28-29,31-32,34,36,54H,4-6,13,22,27,30,33,35,37-53H2,1-3H3/b10-7+,11-8+,12-9+,17-14+,18-15+,19-16+,23-20+,24-21+,26-25+,29-28+,34-31+,36-32+. The summed E-state index contributed by atoms with van der Waals surface area (Å²) in [5.74, 6) is -1.03. The minimum atomic E-state index is -0.826. The van der Waals surface area contributed by atoms with Crippen LogP contribution in [-0.4, -0.2) is 37.2 Å². The molecular formula is C57H86O6. The zero-order valence-electron chi connectivity index (χ0n) is 39.8. The van der Waals surface area contributed by atoms with E-state index in [4.69, 9.17) is 14.2 Å². The van der Waals surface area contributed by atoms with Gasteiger partial charge in [0.2, 0.25) is 0 Å². The third-order valence-corrected chi connectivity index (χ3v) is 9.51. The van der Waals surface area contributed by atoms with Gasteiger partial charge in [0.05, 0.1) is 0 Å². The highest BCUT2D eigenvalue weighted by molar-refractivity contribution is 5.71. The second-order valence-electron chi connectivity index (χ2n) is 15.4. The highest BCUT2D eigenvalue weighted by Crippen LogP contribution is 2.12. The van der Waals surface area contributed by atoms with Crippen molar-refractivity contribution in [2.24, 2.45) is 0 Å². The molecule has 0 aliphatic carbocycles. The molecule has 0 aliphatic heterocycles. The summed E-state index contributed by atoms with van der Waals surface area (Å²) < 4.78 is 16.7. The lowest BCUT2D eigenvalue weighted by Gasteiger charge is -2.18. The maximum absolute atomic E-state index is 12.8. The van der Waals surface area contributed by atoms with Crippen molar-refractivity contribution >= 4 is 17.9 Å². The maximum atomic E-state index is 12.8. The van der Waals surface area contributed by atoms with Crippen LogP contribution in [0.1, 0.15) is 175 Å². The van der Waals surface area contributed by atoms with E-state index in [1.54, 1.807) is 0 Å². The smallest absolute Gasteiger partial charge is 0.306 e.